The van der Waals surface area contributed by atoms with Crippen LogP contribution < -0.4 is 0 Å². The highest BCUT2D eigenvalue weighted by molar-refractivity contribution is 5.29. The quantitative estimate of drug-likeness (QED) is 0.718. The van der Waals surface area contributed by atoms with Gasteiger partial charge in [-0.15, -0.1) is 0 Å². The van der Waals surface area contributed by atoms with Gasteiger partial charge < -0.3 is 0 Å². The van der Waals surface area contributed by atoms with Crippen LogP contribution in [0.4, 0.5) is 13.2 Å². The second-order valence-electron chi connectivity index (χ2n) is 2.93. The first-order chi connectivity index (χ1) is 6.56. The van der Waals surface area contributed by atoms with Gasteiger partial charge in [0, 0.05) is 5.56 Å². The van der Waals surface area contributed by atoms with Crippen molar-refractivity contribution in [2.45, 2.75) is 19.5 Å². The average molecular weight is 199 g/mol. The number of nitriles is 1. The van der Waals surface area contributed by atoms with Crippen LogP contribution in [0.1, 0.15) is 24.2 Å². The number of hydrogen-bond donors (Lipinski definition) is 0. The van der Waals surface area contributed by atoms with Crippen LogP contribution in [0.5, 0.6) is 0 Å². The Morgan fingerprint density at radius 2 is 2.07 bits per heavy atom. The van der Waals surface area contributed by atoms with Crippen LogP contribution in [0.15, 0.2) is 12.1 Å². The SMILES string of the molecule is CC(F)c1cc(F)c(F)c(CC#N)c1. The fourth-order valence-corrected chi connectivity index (χ4v) is 1.11. The second kappa shape index (κ2) is 4.14. The van der Waals surface area contributed by atoms with Gasteiger partial charge in [0.05, 0.1) is 12.5 Å². The standard InChI is InChI=1S/C10H8F3N/c1-6(11)8-4-7(2-3-14)10(13)9(12)5-8/h4-6H,2H2,1H3. The average Bonchev–Trinajstić information content (AvgIpc) is 2.12. The highest BCUT2D eigenvalue weighted by Gasteiger charge is 2.13. The Labute approximate surface area is 79.8 Å². The number of hydrogen-bond acceptors (Lipinski definition) is 1. The summed E-state index contributed by atoms with van der Waals surface area (Å²) in [5, 5.41) is 8.33. The Morgan fingerprint density at radius 1 is 1.43 bits per heavy atom. The van der Waals surface area contributed by atoms with Crippen LogP contribution >= 0.6 is 0 Å². The highest BCUT2D eigenvalue weighted by Crippen LogP contribution is 2.22. The highest BCUT2D eigenvalue weighted by atomic mass is 19.2. The van der Waals surface area contributed by atoms with Crippen LogP contribution in [-0.2, 0) is 6.42 Å². The first kappa shape index (κ1) is 10.6. The summed E-state index contributed by atoms with van der Waals surface area (Å²) in [7, 11) is 0. The van der Waals surface area contributed by atoms with Gasteiger partial charge >= 0.3 is 0 Å². The van der Waals surface area contributed by atoms with Crippen molar-refractivity contribution in [3.63, 3.8) is 0 Å². The molecular formula is C10H8F3N. The number of halogens is 3. The topological polar surface area (TPSA) is 23.8 Å². The van der Waals surface area contributed by atoms with E-state index in [0.717, 1.165) is 6.07 Å². The molecule has 14 heavy (non-hydrogen) atoms. The smallest absolute Gasteiger partial charge is 0.163 e. The molecule has 0 aromatic heterocycles. The van der Waals surface area contributed by atoms with Crippen molar-refractivity contribution in [1.29, 1.82) is 5.26 Å². The maximum atomic E-state index is 13.0. The van der Waals surface area contributed by atoms with E-state index < -0.39 is 17.8 Å². The summed E-state index contributed by atoms with van der Waals surface area (Å²) in [6, 6.07) is 3.67. The largest absolute Gasteiger partial charge is 0.243 e. The molecule has 0 amide bonds. The Kier molecular flexibility index (Phi) is 3.13. The molecule has 0 saturated carbocycles. The van der Waals surface area contributed by atoms with Crippen LogP contribution in [0, 0.1) is 23.0 Å². The summed E-state index contributed by atoms with van der Waals surface area (Å²) in [6.07, 6.45) is -1.63. The molecule has 0 radical (unpaired) electrons. The third-order valence-electron chi connectivity index (χ3n) is 1.85. The molecule has 0 bridgehead atoms. The van der Waals surface area contributed by atoms with Crippen LogP contribution in [0.3, 0.4) is 0 Å². The van der Waals surface area contributed by atoms with E-state index in [-0.39, 0.29) is 17.5 Å². The van der Waals surface area contributed by atoms with E-state index in [1.54, 1.807) is 6.07 Å². The predicted molar refractivity (Wildman–Crippen MR) is 45.2 cm³/mol. The van der Waals surface area contributed by atoms with Gasteiger partial charge in [0.2, 0.25) is 0 Å². The van der Waals surface area contributed by atoms with E-state index in [2.05, 4.69) is 0 Å². The summed E-state index contributed by atoms with van der Waals surface area (Å²) in [4.78, 5) is 0. The molecule has 0 fully saturated rings. The minimum Gasteiger partial charge on any atom is -0.243 e. The van der Waals surface area contributed by atoms with Crippen molar-refractivity contribution in [3.05, 3.63) is 34.9 Å². The molecule has 1 unspecified atom stereocenters. The normalized spacial score (nSPS) is 12.2. The third-order valence-corrected chi connectivity index (χ3v) is 1.85. The Bertz CT molecular complexity index is 380. The molecule has 4 heteroatoms. The molecule has 1 rings (SSSR count). The van der Waals surface area contributed by atoms with Crippen LogP contribution in [0.2, 0.25) is 0 Å². The Balaban J connectivity index is 3.22. The molecular weight excluding hydrogens is 191 g/mol. The predicted octanol–water partition coefficient (Wildman–Crippen LogP) is 3.06. The zero-order valence-electron chi connectivity index (χ0n) is 7.52. The van der Waals surface area contributed by atoms with E-state index >= 15 is 0 Å². The number of benzene rings is 1. The fraction of sp³-hybridized carbons (Fsp3) is 0.300. The molecule has 0 aliphatic heterocycles. The maximum absolute atomic E-state index is 13.0. The minimum atomic E-state index is -1.37. The molecule has 1 aromatic rings. The zero-order chi connectivity index (χ0) is 10.7. The Hall–Kier alpha value is -1.50. The summed E-state index contributed by atoms with van der Waals surface area (Å²) in [5.41, 5.74) is -0.0545. The van der Waals surface area contributed by atoms with E-state index in [1.807, 2.05) is 0 Å². The summed E-state index contributed by atoms with van der Waals surface area (Å²) >= 11 is 0. The van der Waals surface area contributed by atoms with Gasteiger partial charge in [-0.3, -0.25) is 0 Å². The van der Waals surface area contributed by atoms with Gasteiger partial charge in [-0.25, -0.2) is 13.2 Å². The van der Waals surface area contributed by atoms with Crippen molar-refractivity contribution < 1.29 is 13.2 Å². The number of nitrogens with zero attached hydrogens (tertiary/aromatic N) is 1. The molecule has 0 aliphatic rings. The lowest BCUT2D eigenvalue weighted by Gasteiger charge is -2.06. The number of rotatable bonds is 2. The fourth-order valence-electron chi connectivity index (χ4n) is 1.11. The van der Waals surface area contributed by atoms with E-state index in [1.165, 1.54) is 13.0 Å². The molecule has 0 N–H and O–H groups in total. The van der Waals surface area contributed by atoms with Crippen LogP contribution in [0.25, 0.3) is 0 Å². The van der Waals surface area contributed by atoms with Gasteiger partial charge in [0.1, 0.15) is 6.17 Å². The molecule has 0 aliphatic carbocycles. The van der Waals surface area contributed by atoms with Gasteiger partial charge in [-0.1, -0.05) is 0 Å². The second-order valence-corrected chi connectivity index (χ2v) is 2.93. The third kappa shape index (κ3) is 2.05. The summed E-state index contributed by atoms with van der Waals surface area (Å²) < 4.78 is 38.6. The van der Waals surface area contributed by atoms with Gasteiger partial charge in [0.15, 0.2) is 11.6 Å². The molecule has 1 nitrogen and oxygen atoms in total. The zero-order valence-corrected chi connectivity index (χ0v) is 7.52. The van der Waals surface area contributed by atoms with E-state index in [9.17, 15) is 13.2 Å². The van der Waals surface area contributed by atoms with Gasteiger partial charge in [-0.05, 0) is 24.6 Å². The van der Waals surface area contributed by atoms with Crippen LogP contribution in [-0.4, -0.2) is 0 Å². The number of alkyl halides is 1. The minimum absolute atomic E-state index is 0.0501. The molecule has 0 saturated heterocycles. The maximum Gasteiger partial charge on any atom is 0.163 e. The van der Waals surface area contributed by atoms with Crippen molar-refractivity contribution >= 4 is 0 Å². The lowest BCUT2D eigenvalue weighted by atomic mass is 10.0. The lowest BCUT2D eigenvalue weighted by molar-refractivity contribution is 0.370. The van der Waals surface area contributed by atoms with Crippen molar-refractivity contribution in [1.82, 2.24) is 0 Å². The molecule has 0 spiro atoms. The van der Waals surface area contributed by atoms with Crippen molar-refractivity contribution in [2.75, 3.05) is 0 Å². The van der Waals surface area contributed by atoms with Gasteiger partial charge in [0.25, 0.3) is 0 Å². The summed E-state index contributed by atoms with van der Waals surface area (Å²) in [5.74, 6) is -2.19. The monoisotopic (exact) mass is 199 g/mol. The first-order valence-electron chi connectivity index (χ1n) is 4.05. The molecule has 74 valence electrons. The van der Waals surface area contributed by atoms with Crippen molar-refractivity contribution in [2.24, 2.45) is 0 Å². The lowest BCUT2D eigenvalue weighted by Crippen LogP contribution is -1.97. The molecule has 1 atom stereocenters. The molecule has 0 heterocycles. The molecule has 1 aromatic carbocycles. The Morgan fingerprint density at radius 3 is 2.57 bits per heavy atom. The van der Waals surface area contributed by atoms with E-state index in [4.69, 9.17) is 5.26 Å². The summed E-state index contributed by atoms with van der Waals surface area (Å²) in [6.45, 7) is 1.23. The first-order valence-corrected chi connectivity index (χ1v) is 4.05. The van der Waals surface area contributed by atoms with Gasteiger partial charge in [-0.2, -0.15) is 5.26 Å². The van der Waals surface area contributed by atoms with Crippen molar-refractivity contribution in [3.8, 4) is 6.07 Å². The van der Waals surface area contributed by atoms with E-state index in [0.29, 0.717) is 0 Å².